The van der Waals surface area contributed by atoms with E-state index in [0.717, 1.165) is 22.3 Å². The molecule has 0 radical (unpaired) electrons. The van der Waals surface area contributed by atoms with Crippen LogP contribution in [0.1, 0.15) is 38.2 Å². The summed E-state index contributed by atoms with van der Waals surface area (Å²) in [5, 5.41) is 0. The van der Waals surface area contributed by atoms with Gasteiger partial charge in [0.2, 0.25) is 0 Å². The first-order valence-electron chi connectivity index (χ1n) is 6.63. The number of carbonyl (C=O) groups is 1. The van der Waals surface area contributed by atoms with Crippen molar-refractivity contribution in [2.24, 2.45) is 0 Å². The molecule has 98 valence electrons. The minimum absolute atomic E-state index is 0.195. The van der Waals surface area contributed by atoms with Crippen molar-refractivity contribution >= 4 is 5.78 Å². The van der Waals surface area contributed by atoms with Gasteiger partial charge >= 0.3 is 0 Å². The lowest BCUT2D eigenvalue weighted by Crippen LogP contribution is -2.06. The Bertz CT molecular complexity index is 603. The van der Waals surface area contributed by atoms with Crippen molar-refractivity contribution in [3.63, 3.8) is 0 Å². The van der Waals surface area contributed by atoms with E-state index in [-0.39, 0.29) is 5.78 Å². The van der Waals surface area contributed by atoms with E-state index in [4.69, 9.17) is 0 Å². The zero-order valence-electron chi connectivity index (χ0n) is 12.1. The normalized spacial score (nSPS) is 10.5. The van der Waals surface area contributed by atoms with Gasteiger partial charge in [-0.05, 0) is 51.0 Å². The third-order valence-electron chi connectivity index (χ3n) is 3.40. The van der Waals surface area contributed by atoms with Crippen molar-refractivity contribution in [1.82, 2.24) is 0 Å². The molecule has 0 aliphatic carbocycles. The summed E-state index contributed by atoms with van der Waals surface area (Å²) in [7, 11) is 0. The molecule has 0 bridgehead atoms. The SMILES string of the molecule is Cc1cc(C)cc(C(=O)Cc2cc(C)ccc2C)c1. The Hall–Kier alpha value is -1.89. The van der Waals surface area contributed by atoms with E-state index in [1.807, 2.05) is 26.0 Å². The summed E-state index contributed by atoms with van der Waals surface area (Å²) >= 11 is 0. The average molecular weight is 252 g/mol. The summed E-state index contributed by atoms with van der Waals surface area (Å²) < 4.78 is 0. The van der Waals surface area contributed by atoms with Crippen LogP contribution in [-0.4, -0.2) is 5.78 Å². The van der Waals surface area contributed by atoms with Gasteiger partial charge in [0, 0.05) is 12.0 Å². The monoisotopic (exact) mass is 252 g/mol. The number of aryl methyl sites for hydroxylation is 4. The molecule has 0 heterocycles. The summed E-state index contributed by atoms with van der Waals surface area (Å²) in [5.74, 6) is 0.195. The topological polar surface area (TPSA) is 17.1 Å². The number of hydrogen-bond donors (Lipinski definition) is 0. The molecule has 0 unspecified atom stereocenters. The van der Waals surface area contributed by atoms with Gasteiger partial charge in [0.25, 0.3) is 0 Å². The molecule has 0 fully saturated rings. The maximum atomic E-state index is 12.4. The minimum atomic E-state index is 0.195. The number of carbonyl (C=O) groups excluding carboxylic acids is 1. The maximum absolute atomic E-state index is 12.4. The van der Waals surface area contributed by atoms with E-state index >= 15 is 0 Å². The predicted molar refractivity (Wildman–Crippen MR) is 79.9 cm³/mol. The van der Waals surface area contributed by atoms with Crippen molar-refractivity contribution in [3.05, 3.63) is 69.8 Å². The molecule has 0 saturated carbocycles. The van der Waals surface area contributed by atoms with Gasteiger partial charge in [-0.3, -0.25) is 4.79 Å². The molecule has 0 atom stereocenters. The molecular formula is C18H20O. The van der Waals surface area contributed by atoms with Crippen LogP contribution in [0.5, 0.6) is 0 Å². The van der Waals surface area contributed by atoms with Crippen LogP contribution in [0.2, 0.25) is 0 Å². The number of ketones is 1. The zero-order valence-corrected chi connectivity index (χ0v) is 12.1. The van der Waals surface area contributed by atoms with E-state index in [1.54, 1.807) is 0 Å². The first kappa shape index (κ1) is 13.5. The summed E-state index contributed by atoms with van der Waals surface area (Å²) in [5.41, 5.74) is 6.62. The molecule has 19 heavy (non-hydrogen) atoms. The van der Waals surface area contributed by atoms with Gasteiger partial charge in [0.05, 0.1) is 0 Å². The van der Waals surface area contributed by atoms with Crippen LogP contribution in [0.25, 0.3) is 0 Å². The molecule has 1 heteroatoms. The Labute approximate surface area is 115 Å². The third kappa shape index (κ3) is 3.31. The Morgan fingerprint density at radius 2 is 1.47 bits per heavy atom. The van der Waals surface area contributed by atoms with Gasteiger partial charge in [-0.2, -0.15) is 0 Å². The lowest BCUT2D eigenvalue weighted by molar-refractivity contribution is 0.0992. The smallest absolute Gasteiger partial charge is 0.167 e. The summed E-state index contributed by atoms with van der Waals surface area (Å²) in [6, 6.07) is 12.3. The van der Waals surface area contributed by atoms with E-state index in [9.17, 15) is 4.79 Å². The second-order valence-electron chi connectivity index (χ2n) is 5.41. The highest BCUT2D eigenvalue weighted by Gasteiger charge is 2.10. The highest BCUT2D eigenvalue weighted by atomic mass is 16.1. The fraction of sp³-hybridized carbons (Fsp3) is 0.278. The summed E-state index contributed by atoms with van der Waals surface area (Å²) in [6.07, 6.45) is 0.483. The molecule has 0 amide bonds. The molecule has 0 aromatic heterocycles. The van der Waals surface area contributed by atoms with Crippen LogP contribution in [0.15, 0.2) is 36.4 Å². The van der Waals surface area contributed by atoms with Gasteiger partial charge in [-0.25, -0.2) is 0 Å². The van der Waals surface area contributed by atoms with Gasteiger partial charge in [0.15, 0.2) is 5.78 Å². The van der Waals surface area contributed by atoms with E-state index in [1.165, 1.54) is 11.1 Å². The highest BCUT2D eigenvalue weighted by Crippen LogP contribution is 2.16. The molecule has 1 nitrogen and oxygen atoms in total. The number of hydrogen-bond acceptors (Lipinski definition) is 1. The molecule has 0 aliphatic rings. The van der Waals surface area contributed by atoms with Gasteiger partial charge in [-0.15, -0.1) is 0 Å². The Morgan fingerprint density at radius 3 is 2.11 bits per heavy atom. The number of Topliss-reactive ketones (excluding diaryl/α,β-unsaturated/α-hetero) is 1. The first-order valence-corrected chi connectivity index (χ1v) is 6.63. The Kier molecular flexibility index (Phi) is 3.84. The summed E-state index contributed by atoms with van der Waals surface area (Å²) in [6.45, 7) is 8.18. The third-order valence-corrected chi connectivity index (χ3v) is 3.40. The van der Waals surface area contributed by atoms with Crippen LogP contribution in [0, 0.1) is 27.7 Å². The van der Waals surface area contributed by atoms with Gasteiger partial charge < -0.3 is 0 Å². The standard InChI is InChI=1S/C18H20O/c1-12-5-6-15(4)16(8-12)11-18(19)17-9-13(2)7-14(3)10-17/h5-10H,11H2,1-4H3. The van der Waals surface area contributed by atoms with Crippen molar-refractivity contribution in [2.75, 3.05) is 0 Å². The van der Waals surface area contributed by atoms with Crippen molar-refractivity contribution in [1.29, 1.82) is 0 Å². The fourth-order valence-corrected chi connectivity index (χ4v) is 2.40. The maximum Gasteiger partial charge on any atom is 0.167 e. The number of rotatable bonds is 3. The highest BCUT2D eigenvalue weighted by molar-refractivity contribution is 5.98. The molecule has 0 spiro atoms. The Balaban J connectivity index is 2.28. The van der Waals surface area contributed by atoms with Crippen molar-refractivity contribution in [2.45, 2.75) is 34.1 Å². The van der Waals surface area contributed by atoms with Crippen LogP contribution in [-0.2, 0) is 6.42 Å². The van der Waals surface area contributed by atoms with Crippen molar-refractivity contribution in [3.8, 4) is 0 Å². The zero-order chi connectivity index (χ0) is 14.0. The van der Waals surface area contributed by atoms with Crippen LogP contribution in [0.3, 0.4) is 0 Å². The van der Waals surface area contributed by atoms with Crippen molar-refractivity contribution < 1.29 is 4.79 Å². The molecule has 0 saturated heterocycles. The van der Waals surface area contributed by atoms with E-state index in [0.29, 0.717) is 6.42 Å². The Morgan fingerprint density at radius 1 is 0.842 bits per heavy atom. The van der Waals surface area contributed by atoms with E-state index in [2.05, 4.69) is 38.1 Å². The van der Waals surface area contributed by atoms with Crippen LogP contribution < -0.4 is 0 Å². The molecule has 0 N–H and O–H groups in total. The predicted octanol–water partition coefficient (Wildman–Crippen LogP) is 4.35. The molecule has 2 aromatic carbocycles. The lowest BCUT2D eigenvalue weighted by atomic mass is 9.96. The fourth-order valence-electron chi connectivity index (χ4n) is 2.40. The van der Waals surface area contributed by atoms with Gasteiger partial charge in [0.1, 0.15) is 0 Å². The quantitative estimate of drug-likeness (QED) is 0.742. The average Bonchev–Trinajstić information content (AvgIpc) is 2.32. The minimum Gasteiger partial charge on any atom is -0.294 e. The molecular weight excluding hydrogens is 232 g/mol. The van der Waals surface area contributed by atoms with Gasteiger partial charge in [-0.1, -0.05) is 41.0 Å². The second-order valence-corrected chi connectivity index (χ2v) is 5.41. The van der Waals surface area contributed by atoms with Crippen LogP contribution >= 0.6 is 0 Å². The van der Waals surface area contributed by atoms with E-state index < -0.39 is 0 Å². The number of benzene rings is 2. The molecule has 0 aliphatic heterocycles. The first-order chi connectivity index (χ1) is 8.95. The largest absolute Gasteiger partial charge is 0.294 e. The lowest BCUT2D eigenvalue weighted by Gasteiger charge is -2.08. The molecule has 2 rings (SSSR count). The summed E-state index contributed by atoms with van der Waals surface area (Å²) in [4.78, 5) is 12.4. The molecule has 2 aromatic rings. The second kappa shape index (κ2) is 5.40. The van der Waals surface area contributed by atoms with Crippen LogP contribution in [0.4, 0.5) is 0 Å².